The van der Waals surface area contributed by atoms with Gasteiger partial charge in [-0.15, -0.1) is 0 Å². The number of alkyl carbamates (subject to hydrolysis) is 1. The molecule has 0 unspecified atom stereocenters. The van der Waals surface area contributed by atoms with Crippen LogP contribution in [-0.4, -0.2) is 73.1 Å². The van der Waals surface area contributed by atoms with Crippen LogP contribution in [-0.2, 0) is 41.7 Å². The third kappa shape index (κ3) is 11.0. The molecule has 0 saturated carbocycles. The van der Waals surface area contributed by atoms with E-state index in [0.29, 0.717) is 0 Å². The summed E-state index contributed by atoms with van der Waals surface area (Å²) in [6.07, 6.45) is 1.15. The third-order valence-electron chi connectivity index (χ3n) is 5.74. The first kappa shape index (κ1) is 32.2. The molecule has 12 heteroatoms. The Balaban J connectivity index is 1.98. The van der Waals surface area contributed by atoms with Crippen LogP contribution >= 0.6 is 11.8 Å². The molecule has 0 aliphatic carbocycles. The third-order valence-corrected chi connectivity index (χ3v) is 6.41. The first-order valence-corrected chi connectivity index (χ1v) is 14.0. The largest absolute Gasteiger partial charge is 0.467 e. The minimum atomic E-state index is -1.04. The zero-order valence-electron chi connectivity index (χ0n) is 23.0. The highest BCUT2D eigenvalue weighted by Crippen LogP contribution is 2.07. The average Bonchev–Trinajstić information content (AvgIpc) is 2.95. The van der Waals surface area contributed by atoms with Crippen molar-refractivity contribution in [1.82, 2.24) is 21.3 Å². The van der Waals surface area contributed by atoms with Crippen molar-refractivity contribution < 1.29 is 33.4 Å². The molecular weight excluding hydrogens is 536 g/mol. The molecule has 4 amide bonds. The van der Waals surface area contributed by atoms with E-state index in [2.05, 4.69) is 21.3 Å². The Morgan fingerprint density at radius 1 is 0.725 bits per heavy atom. The van der Waals surface area contributed by atoms with Crippen molar-refractivity contribution in [3.05, 3.63) is 71.8 Å². The Labute approximate surface area is 238 Å². The molecule has 0 aromatic heterocycles. The highest BCUT2D eigenvalue weighted by Gasteiger charge is 2.29. The quantitative estimate of drug-likeness (QED) is 0.249. The lowest BCUT2D eigenvalue weighted by atomic mass is 10.0. The number of esters is 1. The summed E-state index contributed by atoms with van der Waals surface area (Å²) in [5.41, 5.74) is 1.58. The lowest BCUT2D eigenvalue weighted by molar-refractivity contribution is -0.144. The molecule has 0 saturated heterocycles. The number of nitrogens with one attached hydrogen (secondary N) is 4. The van der Waals surface area contributed by atoms with Crippen molar-refractivity contribution in [2.75, 3.05) is 19.1 Å². The predicted octanol–water partition coefficient (Wildman–Crippen LogP) is 1.55. The number of carbonyl (C=O) groups excluding carboxylic acids is 5. The number of rotatable bonds is 14. The molecule has 4 N–H and O–H groups in total. The standard InChI is InChI=1S/C28H36N4O7S/c1-18(29-24(33)19(2)30-28(37)39-16-21-13-9-6-10-14-21)25(34)31-22(15-20-11-7-5-8-12-20)26(35)32-23(17-40-4)27(36)38-3/h5-14,18-19,22-23H,15-17H2,1-4H3,(H,29,33)(H,30,37)(H,31,34)(H,32,35)/t18-,19-,22-,23-/m0/s1. The average molecular weight is 573 g/mol. The fourth-order valence-corrected chi connectivity index (χ4v) is 4.07. The van der Waals surface area contributed by atoms with Crippen LogP contribution in [0.1, 0.15) is 25.0 Å². The van der Waals surface area contributed by atoms with E-state index in [0.717, 1.165) is 11.1 Å². The van der Waals surface area contributed by atoms with Gasteiger partial charge in [0.05, 0.1) is 7.11 Å². The monoisotopic (exact) mass is 572 g/mol. The van der Waals surface area contributed by atoms with Crippen molar-refractivity contribution in [3.8, 4) is 0 Å². The minimum Gasteiger partial charge on any atom is -0.467 e. The van der Waals surface area contributed by atoms with Crippen LogP contribution < -0.4 is 21.3 Å². The van der Waals surface area contributed by atoms with Crippen molar-refractivity contribution in [1.29, 1.82) is 0 Å². The van der Waals surface area contributed by atoms with Gasteiger partial charge in [0.2, 0.25) is 17.7 Å². The van der Waals surface area contributed by atoms with Gasteiger partial charge in [0.25, 0.3) is 0 Å². The first-order valence-electron chi connectivity index (χ1n) is 12.6. The number of ether oxygens (including phenoxy) is 2. The highest BCUT2D eigenvalue weighted by molar-refractivity contribution is 7.98. The predicted molar refractivity (Wildman–Crippen MR) is 151 cm³/mol. The molecule has 0 aliphatic heterocycles. The number of thioether (sulfide) groups is 1. The van der Waals surface area contributed by atoms with Gasteiger partial charge in [-0.1, -0.05) is 60.7 Å². The molecule has 40 heavy (non-hydrogen) atoms. The Morgan fingerprint density at radius 2 is 1.25 bits per heavy atom. The van der Waals surface area contributed by atoms with E-state index in [1.54, 1.807) is 30.5 Å². The number of carbonyl (C=O) groups is 5. The van der Waals surface area contributed by atoms with Crippen LogP contribution in [0.25, 0.3) is 0 Å². The molecule has 2 aromatic rings. The molecule has 216 valence electrons. The van der Waals surface area contributed by atoms with Crippen LogP contribution in [0.2, 0.25) is 0 Å². The fraction of sp³-hybridized carbons (Fsp3) is 0.393. The topological polar surface area (TPSA) is 152 Å². The zero-order chi connectivity index (χ0) is 29.5. The van der Waals surface area contributed by atoms with Crippen molar-refractivity contribution >= 4 is 41.5 Å². The summed E-state index contributed by atoms with van der Waals surface area (Å²) in [4.78, 5) is 62.9. The zero-order valence-corrected chi connectivity index (χ0v) is 23.8. The number of benzene rings is 2. The summed E-state index contributed by atoms with van der Waals surface area (Å²) in [5, 5.41) is 10.2. The van der Waals surface area contributed by atoms with Gasteiger partial charge < -0.3 is 30.7 Å². The maximum absolute atomic E-state index is 13.1. The van der Waals surface area contributed by atoms with E-state index in [9.17, 15) is 24.0 Å². The number of hydrogen-bond acceptors (Lipinski definition) is 8. The van der Waals surface area contributed by atoms with Gasteiger partial charge in [0.1, 0.15) is 30.8 Å². The molecule has 0 heterocycles. The molecule has 11 nitrogen and oxygen atoms in total. The van der Waals surface area contributed by atoms with Gasteiger partial charge in [-0.25, -0.2) is 9.59 Å². The molecule has 0 aliphatic rings. The van der Waals surface area contributed by atoms with E-state index in [1.165, 1.54) is 32.7 Å². The molecule has 0 spiro atoms. The Kier molecular flexibility index (Phi) is 13.5. The lowest BCUT2D eigenvalue weighted by Gasteiger charge is -2.24. The second-order valence-electron chi connectivity index (χ2n) is 8.95. The molecule has 0 radical (unpaired) electrons. The van der Waals surface area contributed by atoms with Gasteiger partial charge >= 0.3 is 12.1 Å². The number of hydrogen-bond donors (Lipinski definition) is 4. The van der Waals surface area contributed by atoms with Gasteiger partial charge in [0, 0.05) is 12.2 Å². The first-order chi connectivity index (χ1) is 19.1. The summed E-state index contributed by atoms with van der Waals surface area (Å²) < 4.78 is 9.90. The molecule has 0 fully saturated rings. The van der Waals surface area contributed by atoms with E-state index < -0.39 is 54.0 Å². The molecule has 0 bridgehead atoms. The molecule has 2 aromatic carbocycles. The SMILES string of the molecule is COC(=O)[C@H](CSC)NC(=O)[C@H](Cc1ccccc1)NC(=O)[C@H](C)NC(=O)[C@H](C)NC(=O)OCc1ccccc1. The number of methoxy groups -OCH3 is 1. The minimum absolute atomic E-state index is 0.0401. The summed E-state index contributed by atoms with van der Waals surface area (Å²) in [6, 6.07) is 14.2. The van der Waals surface area contributed by atoms with Crippen LogP contribution in [0.15, 0.2) is 60.7 Å². The van der Waals surface area contributed by atoms with E-state index in [-0.39, 0.29) is 18.8 Å². The van der Waals surface area contributed by atoms with E-state index >= 15 is 0 Å². The van der Waals surface area contributed by atoms with E-state index in [1.807, 2.05) is 36.4 Å². The molecule has 4 atom stereocenters. The van der Waals surface area contributed by atoms with Crippen molar-refractivity contribution in [2.45, 2.75) is 51.0 Å². The summed E-state index contributed by atoms with van der Waals surface area (Å²) >= 11 is 1.36. The van der Waals surface area contributed by atoms with Crippen molar-refractivity contribution in [3.63, 3.8) is 0 Å². The van der Waals surface area contributed by atoms with Crippen molar-refractivity contribution in [2.24, 2.45) is 0 Å². The normalized spacial score (nSPS) is 13.5. The van der Waals surface area contributed by atoms with Crippen LogP contribution in [0, 0.1) is 0 Å². The summed E-state index contributed by atoms with van der Waals surface area (Å²) in [7, 11) is 1.23. The Hall–Kier alpha value is -4.06. The smallest absolute Gasteiger partial charge is 0.408 e. The second kappa shape index (κ2) is 16.8. The van der Waals surface area contributed by atoms with Gasteiger partial charge in [0.15, 0.2) is 0 Å². The number of amides is 4. The maximum Gasteiger partial charge on any atom is 0.408 e. The van der Waals surface area contributed by atoms with Gasteiger partial charge in [-0.2, -0.15) is 11.8 Å². The molecule has 2 rings (SSSR count). The summed E-state index contributed by atoms with van der Waals surface area (Å²) in [6.45, 7) is 2.95. The second-order valence-corrected chi connectivity index (χ2v) is 9.86. The van der Waals surface area contributed by atoms with Crippen LogP contribution in [0.4, 0.5) is 4.79 Å². The maximum atomic E-state index is 13.1. The van der Waals surface area contributed by atoms with Crippen LogP contribution in [0.5, 0.6) is 0 Å². The molecular formula is C28H36N4O7S. The van der Waals surface area contributed by atoms with Gasteiger partial charge in [-0.05, 0) is 31.2 Å². The Bertz CT molecular complexity index is 1130. The fourth-order valence-electron chi connectivity index (χ4n) is 3.52. The summed E-state index contributed by atoms with van der Waals surface area (Å²) in [5.74, 6) is -2.12. The lowest BCUT2D eigenvalue weighted by Crippen LogP contribution is -2.57. The Morgan fingerprint density at radius 3 is 1.82 bits per heavy atom. The van der Waals surface area contributed by atoms with Crippen LogP contribution in [0.3, 0.4) is 0 Å². The van der Waals surface area contributed by atoms with Gasteiger partial charge in [-0.3, -0.25) is 14.4 Å². The van der Waals surface area contributed by atoms with E-state index in [4.69, 9.17) is 9.47 Å². The highest BCUT2D eigenvalue weighted by atomic mass is 32.2.